The molecular formula is C38H58N4O7. The minimum atomic E-state index is -0.574. The first-order valence-electron chi connectivity index (χ1n) is 17.4. The molecule has 0 saturated heterocycles. The largest absolute Gasteiger partial charge is 0.444 e. The van der Waals surface area contributed by atoms with E-state index >= 15 is 0 Å². The van der Waals surface area contributed by atoms with E-state index in [4.69, 9.17) is 14.2 Å². The summed E-state index contributed by atoms with van der Waals surface area (Å²) in [5.74, 6) is -0.348. The van der Waals surface area contributed by atoms with Crippen molar-refractivity contribution in [2.75, 3.05) is 42.0 Å². The van der Waals surface area contributed by atoms with Gasteiger partial charge in [-0.2, -0.15) is 0 Å². The average molecular weight is 683 g/mol. The number of alkyl carbamates (subject to hydrolysis) is 1. The molecule has 3 N–H and O–H groups in total. The molecule has 49 heavy (non-hydrogen) atoms. The van der Waals surface area contributed by atoms with E-state index in [1.54, 1.807) is 20.8 Å². The van der Waals surface area contributed by atoms with Gasteiger partial charge >= 0.3 is 24.1 Å². The molecule has 0 unspecified atom stereocenters. The second-order valence-corrected chi connectivity index (χ2v) is 14.3. The Bertz CT molecular complexity index is 1340. The number of hydrogen-bond donors (Lipinski definition) is 3. The van der Waals surface area contributed by atoms with Crippen LogP contribution < -0.4 is 20.9 Å². The van der Waals surface area contributed by atoms with Crippen LogP contribution in [0.5, 0.6) is 0 Å². The van der Waals surface area contributed by atoms with Crippen LogP contribution in [0.3, 0.4) is 0 Å². The van der Waals surface area contributed by atoms with Crippen molar-refractivity contribution in [2.45, 2.75) is 106 Å². The van der Waals surface area contributed by atoms with E-state index in [1.165, 1.54) is 0 Å². The standard InChI is InChI=1S/C38H58N4O7/c1-10-29(22-35(44)48-25-47-34(43)13-11-12-20-39-37(46)49-38(7,8)9)30-16-19-33(42(23-26(2)3)24-27(4)5)32(21-30)41-36(45)40-31-17-14-28(6)15-18-31/h14-19,21,26-27,29H,10-13,20,22-25H2,1-9H3,(H,39,46)(H2,40,41,45)/t29-/m0/s1. The highest BCUT2D eigenvalue weighted by Crippen LogP contribution is 2.34. The van der Waals surface area contributed by atoms with Crippen molar-refractivity contribution in [3.05, 3.63) is 53.6 Å². The Balaban J connectivity index is 2.02. The lowest BCUT2D eigenvalue weighted by atomic mass is 9.92. The molecule has 1 atom stereocenters. The molecule has 0 spiro atoms. The molecule has 0 fully saturated rings. The molecule has 2 aromatic carbocycles. The first kappa shape index (κ1) is 40.9. The predicted octanol–water partition coefficient (Wildman–Crippen LogP) is 8.38. The number of carbonyl (C=O) groups is 4. The normalized spacial score (nSPS) is 11.9. The average Bonchev–Trinajstić information content (AvgIpc) is 2.99. The molecule has 0 aliphatic carbocycles. The van der Waals surface area contributed by atoms with Gasteiger partial charge in [-0.25, -0.2) is 9.59 Å². The summed E-state index contributed by atoms with van der Waals surface area (Å²) >= 11 is 0. The Morgan fingerprint density at radius 1 is 0.837 bits per heavy atom. The SMILES string of the molecule is CC[C@@H](CC(=O)OCOC(=O)CCCCNC(=O)OC(C)(C)C)c1ccc(N(CC(C)C)CC(C)C)c(NC(=O)Nc2ccc(C)cc2)c1. The number of ether oxygens (including phenoxy) is 3. The van der Waals surface area contributed by atoms with Crippen molar-refractivity contribution >= 4 is 41.1 Å². The van der Waals surface area contributed by atoms with Gasteiger partial charge in [0.05, 0.1) is 17.8 Å². The summed E-state index contributed by atoms with van der Waals surface area (Å²) in [6, 6.07) is 13.2. The third-order valence-electron chi connectivity index (χ3n) is 7.38. The number of hydrogen-bond acceptors (Lipinski definition) is 8. The van der Waals surface area contributed by atoms with E-state index in [9.17, 15) is 19.2 Å². The number of rotatable bonds is 18. The summed E-state index contributed by atoms with van der Waals surface area (Å²) in [6.07, 6.45) is 1.45. The zero-order valence-corrected chi connectivity index (χ0v) is 30.9. The highest BCUT2D eigenvalue weighted by Gasteiger charge is 2.21. The number of carbonyl (C=O) groups excluding carboxylic acids is 4. The van der Waals surface area contributed by atoms with E-state index in [0.29, 0.717) is 49.0 Å². The number of anilines is 3. The lowest BCUT2D eigenvalue weighted by Crippen LogP contribution is -2.33. The predicted molar refractivity (Wildman–Crippen MR) is 195 cm³/mol. The van der Waals surface area contributed by atoms with Gasteiger partial charge < -0.3 is 35.1 Å². The van der Waals surface area contributed by atoms with Crippen LogP contribution in [-0.2, 0) is 23.8 Å². The maximum absolute atomic E-state index is 13.2. The summed E-state index contributed by atoms with van der Waals surface area (Å²) in [6.45, 7) is 19.6. The van der Waals surface area contributed by atoms with Gasteiger partial charge in [0.2, 0.25) is 6.79 Å². The lowest BCUT2D eigenvalue weighted by molar-refractivity contribution is -0.167. The van der Waals surface area contributed by atoms with Gasteiger partial charge in [-0.3, -0.25) is 9.59 Å². The highest BCUT2D eigenvalue weighted by molar-refractivity contribution is 6.02. The highest BCUT2D eigenvalue weighted by atomic mass is 16.7. The van der Waals surface area contributed by atoms with Crippen molar-refractivity contribution in [1.82, 2.24) is 5.32 Å². The number of aryl methyl sites for hydroxylation is 1. The van der Waals surface area contributed by atoms with Crippen molar-refractivity contribution < 1.29 is 33.4 Å². The van der Waals surface area contributed by atoms with Crippen LogP contribution in [-0.4, -0.2) is 56.1 Å². The van der Waals surface area contributed by atoms with Gasteiger partial charge in [0.1, 0.15) is 5.60 Å². The molecular weight excluding hydrogens is 624 g/mol. The van der Waals surface area contributed by atoms with Crippen molar-refractivity contribution in [3.8, 4) is 0 Å². The summed E-state index contributed by atoms with van der Waals surface area (Å²) in [5.41, 5.74) is 3.67. The molecule has 11 heteroatoms. The Morgan fingerprint density at radius 3 is 2.06 bits per heavy atom. The fourth-order valence-corrected chi connectivity index (χ4v) is 5.15. The Morgan fingerprint density at radius 2 is 1.47 bits per heavy atom. The quantitative estimate of drug-likeness (QED) is 0.0811. The van der Waals surface area contributed by atoms with Gasteiger partial charge in [-0.15, -0.1) is 0 Å². The first-order chi connectivity index (χ1) is 23.1. The Hall–Kier alpha value is -4.28. The van der Waals surface area contributed by atoms with E-state index in [1.807, 2.05) is 56.3 Å². The fourth-order valence-electron chi connectivity index (χ4n) is 5.15. The van der Waals surface area contributed by atoms with Crippen LogP contribution in [0.4, 0.5) is 26.7 Å². The number of unbranched alkanes of at least 4 members (excludes halogenated alkanes) is 1. The van der Waals surface area contributed by atoms with Crippen LogP contribution >= 0.6 is 0 Å². The fraction of sp³-hybridized carbons (Fsp3) is 0.579. The number of urea groups is 1. The van der Waals surface area contributed by atoms with Gasteiger partial charge in [0, 0.05) is 31.7 Å². The van der Waals surface area contributed by atoms with Crippen LogP contribution in [0.15, 0.2) is 42.5 Å². The smallest absolute Gasteiger partial charge is 0.407 e. The Kier molecular flexibility index (Phi) is 16.9. The van der Waals surface area contributed by atoms with Crippen molar-refractivity contribution in [1.29, 1.82) is 0 Å². The minimum Gasteiger partial charge on any atom is -0.444 e. The third kappa shape index (κ3) is 16.6. The van der Waals surface area contributed by atoms with Gasteiger partial charge in [0.15, 0.2) is 0 Å². The zero-order valence-electron chi connectivity index (χ0n) is 30.9. The molecule has 3 amide bonds. The van der Waals surface area contributed by atoms with Crippen molar-refractivity contribution in [2.24, 2.45) is 11.8 Å². The van der Waals surface area contributed by atoms with Crippen LogP contribution in [0.2, 0.25) is 0 Å². The lowest BCUT2D eigenvalue weighted by Gasteiger charge is -2.31. The van der Waals surface area contributed by atoms with Crippen LogP contribution in [0.25, 0.3) is 0 Å². The third-order valence-corrected chi connectivity index (χ3v) is 7.38. The molecule has 0 aromatic heterocycles. The second kappa shape index (κ2) is 20.3. The molecule has 11 nitrogen and oxygen atoms in total. The topological polar surface area (TPSA) is 135 Å². The summed E-state index contributed by atoms with van der Waals surface area (Å²) in [7, 11) is 0. The summed E-state index contributed by atoms with van der Waals surface area (Å²) in [5, 5.41) is 8.63. The van der Waals surface area contributed by atoms with Gasteiger partial charge in [0.25, 0.3) is 0 Å². The Labute approximate surface area is 292 Å². The second-order valence-electron chi connectivity index (χ2n) is 14.3. The molecule has 0 heterocycles. The molecule has 0 saturated carbocycles. The maximum Gasteiger partial charge on any atom is 0.407 e. The molecule has 0 aliphatic rings. The molecule has 0 bridgehead atoms. The van der Waals surface area contributed by atoms with Crippen molar-refractivity contribution in [3.63, 3.8) is 0 Å². The van der Waals surface area contributed by atoms with Crippen LogP contribution in [0.1, 0.15) is 105 Å². The van der Waals surface area contributed by atoms with Gasteiger partial charge in [-0.1, -0.05) is 58.4 Å². The molecule has 0 aliphatic heterocycles. The number of amides is 3. The molecule has 2 aromatic rings. The van der Waals surface area contributed by atoms with Gasteiger partial charge in [-0.05, 0) is 94.5 Å². The monoisotopic (exact) mass is 682 g/mol. The van der Waals surface area contributed by atoms with Crippen LogP contribution in [0, 0.1) is 18.8 Å². The number of nitrogens with zero attached hydrogens (tertiary/aromatic N) is 1. The molecule has 0 radical (unpaired) electrons. The molecule has 272 valence electrons. The minimum absolute atomic E-state index is 0.0838. The number of esters is 2. The van der Waals surface area contributed by atoms with E-state index < -0.39 is 30.4 Å². The zero-order chi connectivity index (χ0) is 36.6. The number of benzene rings is 2. The molecule has 2 rings (SSSR count). The maximum atomic E-state index is 13.2. The summed E-state index contributed by atoms with van der Waals surface area (Å²) < 4.78 is 15.5. The van der Waals surface area contributed by atoms with E-state index in [2.05, 4.69) is 48.5 Å². The summed E-state index contributed by atoms with van der Waals surface area (Å²) in [4.78, 5) is 52.1. The van der Waals surface area contributed by atoms with E-state index in [-0.39, 0.29) is 24.8 Å². The van der Waals surface area contributed by atoms with E-state index in [0.717, 1.165) is 29.9 Å². The first-order valence-corrected chi connectivity index (χ1v) is 17.4. The number of nitrogens with one attached hydrogen (secondary N) is 3.